The van der Waals surface area contributed by atoms with E-state index in [0.29, 0.717) is 12.0 Å². The van der Waals surface area contributed by atoms with Crippen LogP contribution in [0.25, 0.3) is 0 Å². The van der Waals surface area contributed by atoms with Gasteiger partial charge in [-0.2, -0.15) is 0 Å². The van der Waals surface area contributed by atoms with Gasteiger partial charge in [0.1, 0.15) is 5.82 Å². The first-order chi connectivity index (χ1) is 10.7. The summed E-state index contributed by atoms with van der Waals surface area (Å²) < 4.78 is 13.8. The van der Waals surface area contributed by atoms with E-state index in [1.807, 2.05) is 12.1 Å². The number of rotatable bonds is 5. The first-order valence-electron chi connectivity index (χ1n) is 8.90. The molecular formula is C19H29FN2. The fraction of sp³-hybridized carbons (Fsp3) is 0.684. The predicted molar refractivity (Wildman–Crippen MR) is 89.2 cm³/mol. The highest BCUT2D eigenvalue weighted by molar-refractivity contribution is 5.17. The van der Waals surface area contributed by atoms with E-state index in [0.717, 1.165) is 31.1 Å². The van der Waals surface area contributed by atoms with E-state index in [-0.39, 0.29) is 5.82 Å². The van der Waals surface area contributed by atoms with Crippen molar-refractivity contribution < 1.29 is 4.39 Å². The van der Waals surface area contributed by atoms with E-state index in [1.165, 1.54) is 38.6 Å². The molecular weight excluding hydrogens is 275 g/mol. The lowest BCUT2D eigenvalue weighted by Crippen LogP contribution is -2.49. The average Bonchev–Trinajstić information content (AvgIpc) is 3.00. The van der Waals surface area contributed by atoms with Crippen molar-refractivity contribution in [2.45, 2.75) is 51.6 Å². The van der Waals surface area contributed by atoms with Gasteiger partial charge < -0.3 is 5.32 Å². The molecule has 2 aliphatic rings. The van der Waals surface area contributed by atoms with Crippen LogP contribution in [0.3, 0.4) is 0 Å². The normalized spacial score (nSPS) is 27.4. The van der Waals surface area contributed by atoms with E-state index < -0.39 is 0 Å². The Morgan fingerprint density at radius 2 is 1.95 bits per heavy atom. The minimum atomic E-state index is -0.0730. The fourth-order valence-corrected chi connectivity index (χ4v) is 4.15. The van der Waals surface area contributed by atoms with Crippen LogP contribution in [0.15, 0.2) is 24.3 Å². The second-order valence-electron chi connectivity index (χ2n) is 7.38. The molecule has 122 valence electrons. The Balaban J connectivity index is 1.52. The quantitative estimate of drug-likeness (QED) is 0.890. The molecule has 1 aliphatic heterocycles. The second kappa shape index (κ2) is 7.56. The number of likely N-dealkylation sites (tertiary alicyclic amines) is 1. The summed E-state index contributed by atoms with van der Waals surface area (Å²) in [5.41, 5.74) is 0.825. The van der Waals surface area contributed by atoms with Crippen molar-refractivity contribution in [2.75, 3.05) is 19.6 Å². The maximum atomic E-state index is 13.8. The van der Waals surface area contributed by atoms with Crippen LogP contribution in [0.2, 0.25) is 0 Å². The van der Waals surface area contributed by atoms with Crippen molar-refractivity contribution in [2.24, 2.45) is 11.8 Å². The third-order valence-corrected chi connectivity index (χ3v) is 5.26. The standard InChI is InChI=1S/C19H29FN2/c1-15-10-18(21-11-16-6-2-3-7-16)14-22(12-15)13-17-8-4-5-9-19(17)20/h4-5,8-9,15-16,18,21H,2-3,6-7,10-14H2,1H3. The summed E-state index contributed by atoms with van der Waals surface area (Å²) in [6, 6.07) is 7.75. The number of nitrogens with one attached hydrogen (secondary N) is 1. The molecule has 2 atom stereocenters. The molecule has 3 heteroatoms. The molecule has 1 saturated carbocycles. The van der Waals surface area contributed by atoms with Crippen LogP contribution in [-0.2, 0) is 6.54 Å². The molecule has 0 aromatic heterocycles. The van der Waals surface area contributed by atoms with Crippen molar-refractivity contribution in [1.29, 1.82) is 0 Å². The summed E-state index contributed by atoms with van der Waals surface area (Å²) in [6.45, 7) is 6.35. The van der Waals surface area contributed by atoms with Crippen molar-refractivity contribution in [1.82, 2.24) is 10.2 Å². The van der Waals surface area contributed by atoms with E-state index in [2.05, 4.69) is 17.1 Å². The summed E-state index contributed by atoms with van der Waals surface area (Å²) in [7, 11) is 0. The third-order valence-electron chi connectivity index (χ3n) is 5.26. The Bertz CT molecular complexity index is 470. The van der Waals surface area contributed by atoms with Gasteiger partial charge in [0, 0.05) is 31.2 Å². The third kappa shape index (κ3) is 4.30. The maximum Gasteiger partial charge on any atom is 0.127 e. The highest BCUT2D eigenvalue weighted by Gasteiger charge is 2.26. The summed E-state index contributed by atoms with van der Waals surface area (Å²) >= 11 is 0. The van der Waals surface area contributed by atoms with Crippen LogP contribution in [-0.4, -0.2) is 30.6 Å². The molecule has 3 rings (SSSR count). The van der Waals surface area contributed by atoms with Gasteiger partial charge in [0.2, 0.25) is 0 Å². The molecule has 1 aromatic rings. The molecule has 1 saturated heterocycles. The molecule has 2 fully saturated rings. The smallest absolute Gasteiger partial charge is 0.127 e. The van der Waals surface area contributed by atoms with Crippen molar-refractivity contribution in [3.8, 4) is 0 Å². The molecule has 0 amide bonds. The molecule has 1 aliphatic carbocycles. The number of hydrogen-bond donors (Lipinski definition) is 1. The van der Waals surface area contributed by atoms with Crippen LogP contribution < -0.4 is 5.32 Å². The first kappa shape index (κ1) is 15.9. The summed E-state index contributed by atoms with van der Waals surface area (Å²) in [4.78, 5) is 2.42. The van der Waals surface area contributed by atoms with E-state index in [9.17, 15) is 4.39 Å². The van der Waals surface area contributed by atoms with Crippen molar-refractivity contribution in [3.63, 3.8) is 0 Å². The van der Waals surface area contributed by atoms with Crippen LogP contribution in [0.1, 0.15) is 44.6 Å². The molecule has 1 N–H and O–H groups in total. The van der Waals surface area contributed by atoms with Crippen LogP contribution >= 0.6 is 0 Å². The monoisotopic (exact) mass is 304 g/mol. The molecule has 0 spiro atoms. The van der Waals surface area contributed by atoms with Crippen LogP contribution in [0.4, 0.5) is 4.39 Å². The zero-order chi connectivity index (χ0) is 15.4. The fourth-order valence-electron chi connectivity index (χ4n) is 4.15. The summed E-state index contributed by atoms with van der Waals surface area (Å²) in [5, 5.41) is 3.79. The Kier molecular flexibility index (Phi) is 5.48. The predicted octanol–water partition coefficient (Wildman–Crippen LogP) is 3.82. The lowest BCUT2D eigenvalue weighted by molar-refractivity contribution is 0.139. The number of hydrogen-bond acceptors (Lipinski definition) is 2. The van der Waals surface area contributed by atoms with Gasteiger partial charge in [-0.1, -0.05) is 38.0 Å². The molecule has 0 bridgehead atoms. The molecule has 2 unspecified atom stereocenters. The number of halogens is 1. The van der Waals surface area contributed by atoms with Gasteiger partial charge in [0.25, 0.3) is 0 Å². The highest BCUT2D eigenvalue weighted by Crippen LogP contribution is 2.25. The van der Waals surface area contributed by atoms with Crippen LogP contribution in [0.5, 0.6) is 0 Å². The van der Waals surface area contributed by atoms with Gasteiger partial charge in [-0.05, 0) is 43.7 Å². The summed E-state index contributed by atoms with van der Waals surface area (Å²) in [6.07, 6.45) is 6.86. The zero-order valence-electron chi connectivity index (χ0n) is 13.7. The Morgan fingerprint density at radius 1 is 1.18 bits per heavy atom. The van der Waals surface area contributed by atoms with Gasteiger partial charge in [0.15, 0.2) is 0 Å². The average molecular weight is 304 g/mol. The first-order valence-corrected chi connectivity index (χ1v) is 8.90. The Hall–Kier alpha value is -0.930. The van der Waals surface area contributed by atoms with Gasteiger partial charge in [-0.15, -0.1) is 0 Å². The molecule has 22 heavy (non-hydrogen) atoms. The largest absolute Gasteiger partial charge is 0.312 e. The lowest BCUT2D eigenvalue weighted by atomic mass is 9.95. The number of benzene rings is 1. The molecule has 0 radical (unpaired) electrons. The van der Waals surface area contributed by atoms with E-state index >= 15 is 0 Å². The van der Waals surface area contributed by atoms with Gasteiger partial charge in [0.05, 0.1) is 0 Å². The topological polar surface area (TPSA) is 15.3 Å². The SMILES string of the molecule is CC1CC(NCC2CCCC2)CN(Cc2ccccc2F)C1. The van der Waals surface area contributed by atoms with E-state index in [1.54, 1.807) is 12.1 Å². The summed E-state index contributed by atoms with van der Waals surface area (Å²) in [5.74, 6) is 1.50. The minimum Gasteiger partial charge on any atom is -0.312 e. The highest BCUT2D eigenvalue weighted by atomic mass is 19.1. The second-order valence-corrected chi connectivity index (χ2v) is 7.38. The Morgan fingerprint density at radius 3 is 2.73 bits per heavy atom. The van der Waals surface area contributed by atoms with Gasteiger partial charge >= 0.3 is 0 Å². The lowest BCUT2D eigenvalue weighted by Gasteiger charge is -2.37. The van der Waals surface area contributed by atoms with Gasteiger partial charge in [-0.3, -0.25) is 4.90 Å². The molecule has 1 heterocycles. The zero-order valence-corrected chi connectivity index (χ0v) is 13.7. The van der Waals surface area contributed by atoms with Gasteiger partial charge in [-0.25, -0.2) is 4.39 Å². The number of nitrogens with zero attached hydrogens (tertiary/aromatic N) is 1. The van der Waals surface area contributed by atoms with Crippen molar-refractivity contribution >= 4 is 0 Å². The van der Waals surface area contributed by atoms with Crippen LogP contribution in [0, 0.1) is 17.7 Å². The van der Waals surface area contributed by atoms with Crippen molar-refractivity contribution in [3.05, 3.63) is 35.6 Å². The minimum absolute atomic E-state index is 0.0730. The molecule has 1 aromatic carbocycles. The van der Waals surface area contributed by atoms with E-state index in [4.69, 9.17) is 0 Å². The Labute approximate surface area is 134 Å². The number of piperidine rings is 1. The molecule has 2 nitrogen and oxygen atoms in total. The maximum absolute atomic E-state index is 13.8.